The van der Waals surface area contributed by atoms with E-state index in [1.165, 1.54) is 0 Å². The monoisotopic (exact) mass is 176 g/mol. The third-order valence-corrected chi connectivity index (χ3v) is 2.02. The van der Waals surface area contributed by atoms with Crippen molar-refractivity contribution in [3.05, 3.63) is 0 Å². The fourth-order valence-corrected chi connectivity index (χ4v) is 1.02. The van der Waals surface area contributed by atoms with E-state index >= 15 is 0 Å². The van der Waals surface area contributed by atoms with Crippen molar-refractivity contribution in [1.29, 1.82) is 0 Å². The van der Waals surface area contributed by atoms with Crippen molar-refractivity contribution >= 4 is 17.6 Å². The van der Waals surface area contributed by atoms with E-state index in [1.807, 2.05) is 6.92 Å². The van der Waals surface area contributed by atoms with Crippen molar-refractivity contribution in [3.63, 3.8) is 0 Å². The number of carbonyl (C=O) groups is 1. The van der Waals surface area contributed by atoms with Gasteiger partial charge < -0.3 is 4.74 Å². The van der Waals surface area contributed by atoms with Crippen molar-refractivity contribution in [2.24, 2.45) is 5.92 Å². The first-order valence-electron chi connectivity index (χ1n) is 4.01. The molecule has 0 radical (unpaired) electrons. The SMILES string of the molecule is CC(Cl)COC(=O)C1CCC1. The van der Waals surface area contributed by atoms with E-state index in [1.54, 1.807) is 0 Å². The third kappa shape index (κ3) is 2.70. The van der Waals surface area contributed by atoms with Crippen LogP contribution in [0, 0.1) is 5.92 Å². The van der Waals surface area contributed by atoms with Crippen LogP contribution in [0.25, 0.3) is 0 Å². The molecule has 1 saturated carbocycles. The van der Waals surface area contributed by atoms with E-state index in [9.17, 15) is 4.79 Å². The Kier molecular flexibility index (Phi) is 3.18. The first kappa shape index (κ1) is 8.85. The number of esters is 1. The van der Waals surface area contributed by atoms with E-state index in [0.717, 1.165) is 19.3 Å². The molecule has 1 aliphatic carbocycles. The molecule has 0 aromatic rings. The minimum absolute atomic E-state index is 0.0660. The largest absolute Gasteiger partial charge is 0.464 e. The van der Waals surface area contributed by atoms with Gasteiger partial charge in [-0.05, 0) is 19.8 Å². The molecule has 0 spiro atoms. The van der Waals surface area contributed by atoms with Gasteiger partial charge in [0.1, 0.15) is 6.61 Å². The van der Waals surface area contributed by atoms with Gasteiger partial charge in [0.15, 0.2) is 0 Å². The van der Waals surface area contributed by atoms with Gasteiger partial charge in [-0.1, -0.05) is 6.42 Å². The number of alkyl halides is 1. The molecule has 0 N–H and O–H groups in total. The molecule has 0 heterocycles. The summed E-state index contributed by atoms with van der Waals surface area (Å²) in [6.45, 7) is 2.16. The Morgan fingerprint density at radius 2 is 2.36 bits per heavy atom. The zero-order valence-electron chi connectivity index (χ0n) is 6.68. The molecule has 1 atom stereocenters. The number of halogens is 1. The van der Waals surface area contributed by atoms with E-state index in [0.29, 0.717) is 6.61 Å². The van der Waals surface area contributed by atoms with Crippen molar-refractivity contribution in [1.82, 2.24) is 0 Å². The first-order valence-corrected chi connectivity index (χ1v) is 4.44. The summed E-state index contributed by atoms with van der Waals surface area (Å²) in [6.07, 6.45) is 3.15. The van der Waals surface area contributed by atoms with Crippen molar-refractivity contribution < 1.29 is 9.53 Å². The lowest BCUT2D eigenvalue weighted by atomic mass is 9.86. The summed E-state index contributed by atoms with van der Waals surface area (Å²) < 4.78 is 4.94. The lowest BCUT2D eigenvalue weighted by molar-refractivity contribution is -0.151. The van der Waals surface area contributed by atoms with Crippen LogP contribution in [0.15, 0.2) is 0 Å². The third-order valence-electron chi connectivity index (χ3n) is 1.89. The molecule has 0 bridgehead atoms. The topological polar surface area (TPSA) is 26.3 Å². The maximum atomic E-state index is 11.0. The number of hydrogen-bond acceptors (Lipinski definition) is 2. The predicted molar refractivity (Wildman–Crippen MR) is 43.6 cm³/mol. The quantitative estimate of drug-likeness (QED) is 0.486. The lowest BCUT2D eigenvalue weighted by Crippen LogP contribution is -2.25. The Labute approximate surface area is 71.9 Å². The number of rotatable bonds is 3. The molecule has 0 saturated heterocycles. The summed E-state index contributed by atoms with van der Waals surface area (Å²) in [5.41, 5.74) is 0. The highest BCUT2D eigenvalue weighted by molar-refractivity contribution is 6.20. The Bertz CT molecular complexity index is 141. The molecule has 1 aliphatic rings. The molecule has 1 unspecified atom stereocenters. The molecule has 11 heavy (non-hydrogen) atoms. The Balaban J connectivity index is 2.10. The number of ether oxygens (including phenoxy) is 1. The lowest BCUT2D eigenvalue weighted by Gasteiger charge is -2.23. The van der Waals surface area contributed by atoms with Gasteiger partial charge in [-0.25, -0.2) is 0 Å². The minimum Gasteiger partial charge on any atom is -0.464 e. The summed E-state index contributed by atoms with van der Waals surface area (Å²) in [4.78, 5) is 11.0. The smallest absolute Gasteiger partial charge is 0.308 e. The van der Waals surface area contributed by atoms with Crippen LogP contribution in [0.3, 0.4) is 0 Å². The van der Waals surface area contributed by atoms with Gasteiger partial charge in [-0.15, -0.1) is 11.6 Å². The van der Waals surface area contributed by atoms with Crippen molar-refractivity contribution in [2.75, 3.05) is 6.61 Å². The second-order valence-corrected chi connectivity index (χ2v) is 3.78. The zero-order chi connectivity index (χ0) is 8.27. The molecule has 0 aromatic heterocycles. The van der Waals surface area contributed by atoms with Crippen LogP contribution in [0.4, 0.5) is 0 Å². The van der Waals surface area contributed by atoms with Crippen LogP contribution in [0.1, 0.15) is 26.2 Å². The van der Waals surface area contributed by atoms with Crippen LogP contribution < -0.4 is 0 Å². The number of hydrogen-bond donors (Lipinski definition) is 0. The van der Waals surface area contributed by atoms with Crippen LogP contribution in [-0.4, -0.2) is 18.0 Å². The van der Waals surface area contributed by atoms with Gasteiger partial charge in [-0.2, -0.15) is 0 Å². The molecular weight excluding hydrogens is 164 g/mol. The van der Waals surface area contributed by atoms with Gasteiger partial charge in [0.25, 0.3) is 0 Å². The van der Waals surface area contributed by atoms with Gasteiger partial charge in [0.2, 0.25) is 0 Å². The highest BCUT2D eigenvalue weighted by atomic mass is 35.5. The fraction of sp³-hybridized carbons (Fsp3) is 0.875. The summed E-state index contributed by atoms with van der Waals surface area (Å²) in [7, 11) is 0. The van der Waals surface area contributed by atoms with Gasteiger partial charge in [0.05, 0.1) is 11.3 Å². The Hall–Kier alpha value is -0.240. The molecule has 1 fully saturated rings. The molecule has 64 valence electrons. The molecule has 3 heteroatoms. The predicted octanol–water partition coefficient (Wildman–Crippen LogP) is 1.96. The van der Waals surface area contributed by atoms with Gasteiger partial charge >= 0.3 is 5.97 Å². The molecule has 2 nitrogen and oxygen atoms in total. The number of carbonyl (C=O) groups excluding carboxylic acids is 1. The maximum Gasteiger partial charge on any atom is 0.308 e. The average molecular weight is 177 g/mol. The fourth-order valence-electron chi connectivity index (χ4n) is 0.959. The molecular formula is C8H13ClO2. The molecule has 0 aromatic carbocycles. The van der Waals surface area contributed by atoms with Crippen LogP contribution in [0.5, 0.6) is 0 Å². The van der Waals surface area contributed by atoms with Crippen LogP contribution in [0.2, 0.25) is 0 Å². The summed E-state index contributed by atoms with van der Waals surface area (Å²) >= 11 is 5.61. The van der Waals surface area contributed by atoms with Crippen LogP contribution >= 0.6 is 11.6 Å². The highest BCUT2D eigenvalue weighted by Gasteiger charge is 2.26. The van der Waals surface area contributed by atoms with E-state index in [2.05, 4.69) is 0 Å². The second-order valence-electron chi connectivity index (χ2n) is 3.04. The summed E-state index contributed by atoms with van der Waals surface area (Å²) in [5.74, 6) is 0.106. The zero-order valence-corrected chi connectivity index (χ0v) is 7.43. The Morgan fingerprint density at radius 1 is 1.73 bits per heavy atom. The highest BCUT2D eigenvalue weighted by Crippen LogP contribution is 2.27. The second kappa shape index (κ2) is 3.96. The first-order chi connectivity index (χ1) is 5.20. The van der Waals surface area contributed by atoms with Gasteiger partial charge in [0, 0.05) is 0 Å². The van der Waals surface area contributed by atoms with E-state index in [4.69, 9.17) is 16.3 Å². The normalized spacial score (nSPS) is 20.5. The van der Waals surface area contributed by atoms with Gasteiger partial charge in [-0.3, -0.25) is 4.79 Å². The summed E-state index contributed by atoms with van der Waals surface area (Å²) in [5, 5.41) is -0.0703. The Morgan fingerprint density at radius 3 is 2.73 bits per heavy atom. The standard InChI is InChI=1S/C8H13ClO2/c1-6(9)5-11-8(10)7-3-2-4-7/h6-7H,2-5H2,1H3. The minimum atomic E-state index is -0.0703. The van der Waals surface area contributed by atoms with E-state index < -0.39 is 0 Å². The average Bonchev–Trinajstić information content (AvgIpc) is 1.79. The van der Waals surface area contributed by atoms with Crippen LogP contribution in [-0.2, 0) is 9.53 Å². The summed E-state index contributed by atoms with van der Waals surface area (Å²) in [6, 6.07) is 0. The molecule has 0 amide bonds. The molecule has 1 rings (SSSR count). The maximum absolute atomic E-state index is 11.0. The van der Waals surface area contributed by atoms with Crippen molar-refractivity contribution in [2.45, 2.75) is 31.6 Å². The van der Waals surface area contributed by atoms with Crippen molar-refractivity contribution in [3.8, 4) is 0 Å². The molecule has 0 aliphatic heterocycles. The van der Waals surface area contributed by atoms with E-state index in [-0.39, 0.29) is 17.3 Å².